The molecule has 0 amide bonds. The highest BCUT2D eigenvalue weighted by Crippen LogP contribution is 2.20. The molecule has 3 fully saturated rings. The second-order valence-electron chi connectivity index (χ2n) is 10.1. The fourth-order valence-corrected chi connectivity index (χ4v) is 4.34. The lowest BCUT2D eigenvalue weighted by molar-refractivity contribution is 0.263. The Morgan fingerprint density at radius 2 is 0.714 bits per heavy atom. The molecule has 216 valence electrons. The van der Waals surface area contributed by atoms with Gasteiger partial charge in [0.25, 0.3) is 0 Å². The molecule has 3 aromatic carbocycles. The van der Waals surface area contributed by atoms with Gasteiger partial charge in [-0.05, 0) is 72.8 Å². The van der Waals surface area contributed by atoms with Crippen molar-refractivity contribution in [2.24, 2.45) is 0 Å². The van der Waals surface area contributed by atoms with E-state index in [2.05, 4.69) is 0 Å². The Hall–Kier alpha value is -4.65. The largest absolute Gasteiger partial charge is 0.491 e. The number of aromatic nitrogens is 3. The minimum atomic E-state index is -0.814. The molecule has 42 heavy (non-hydrogen) atoms. The van der Waals surface area contributed by atoms with E-state index in [0.717, 1.165) is 13.7 Å². The van der Waals surface area contributed by atoms with E-state index in [1.54, 1.807) is 72.8 Å². The average molecular weight is 574 g/mol. The molecule has 3 atom stereocenters. The fourth-order valence-electron chi connectivity index (χ4n) is 4.34. The van der Waals surface area contributed by atoms with Crippen molar-refractivity contribution in [2.45, 2.75) is 18.3 Å². The van der Waals surface area contributed by atoms with Gasteiger partial charge in [0.05, 0.1) is 36.9 Å². The van der Waals surface area contributed by atoms with Crippen LogP contribution in [-0.2, 0) is 14.2 Å². The van der Waals surface area contributed by atoms with E-state index in [4.69, 9.17) is 28.4 Å². The zero-order valence-corrected chi connectivity index (χ0v) is 22.4. The van der Waals surface area contributed by atoms with Gasteiger partial charge in [-0.1, -0.05) is 0 Å². The van der Waals surface area contributed by atoms with Gasteiger partial charge in [-0.3, -0.25) is 0 Å². The first kappa shape index (κ1) is 26.3. The predicted octanol–water partition coefficient (Wildman–Crippen LogP) is 1.47. The number of rotatable bonds is 12. The number of ether oxygens (including phenoxy) is 6. The summed E-state index contributed by atoms with van der Waals surface area (Å²) >= 11 is 0. The summed E-state index contributed by atoms with van der Waals surface area (Å²) in [5.41, 5.74) is -1.62. The predicted molar refractivity (Wildman–Crippen MR) is 149 cm³/mol. The van der Waals surface area contributed by atoms with Crippen molar-refractivity contribution in [1.82, 2.24) is 13.7 Å². The summed E-state index contributed by atoms with van der Waals surface area (Å²) in [6.45, 7) is 3.24. The van der Waals surface area contributed by atoms with E-state index in [-0.39, 0.29) is 35.4 Å². The van der Waals surface area contributed by atoms with Crippen molar-refractivity contribution >= 4 is 0 Å². The first-order valence-corrected chi connectivity index (χ1v) is 13.6. The molecule has 4 heterocycles. The number of nitrogens with zero attached hydrogens (tertiary/aromatic N) is 3. The fraction of sp³-hybridized carbons (Fsp3) is 0.300. The SMILES string of the molecule is O=c1n(-c2ccc(OCC3CO3)cc2)c(=O)n(-c2ccc(OCC3CO3)cc2)c(=O)n1-c1ccc(OCC2CO2)cc1. The normalized spacial score (nSPS) is 20.1. The summed E-state index contributed by atoms with van der Waals surface area (Å²) in [5.74, 6) is 1.70. The lowest BCUT2D eigenvalue weighted by atomic mass is 10.2. The molecule has 3 unspecified atom stereocenters. The summed E-state index contributed by atoms with van der Waals surface area (Å²) in [4.78, 5) is 41.4. The van der Waals surface area contributed by atoms with Crippen LogP contribution in [0.4, 0.5) is 0 Å². The second-order valence-corrected chi connectivity index (χ2v) is 10.1. The van der Waals surface area contributed by atoms with Crippen molar-refractivity contribution in [3.05, 3.63) is 104 Å². The molecule has 12 nitrogen and oxygen atoms in total. The van der Waals surface area contributed by atoms with Gasteiger partial charge in [-0.15, -0.1) is 0 Å². The molecule has 3 aliphatic rings. The number of hydrogen-bond acceptors (Lipinski definition) is 9. The molecule has 0 N–H and O–H groups in total. The van der Waals surface area contributed by atoms with Crippen LogP contribution in [0, 0.1) is 0 Å². The summed E-state index contributed by atoms with van der Waals surface area (Å²) in [6, 6.07) is 19.5. The number of hydrogen-bond donors (Lipinski definition) is 0. The summed E-state index contributed by atoms with van der Waals surface area (Å²) in [5, 5.41) is 0. The van der Waals surface area contributed by atoms with Crippen LogP contribution in [0.5, 0.6) is 17.2 Å². The van der Waals surface area contributed by atoms with Gasteiger partial charge in [0.15, 0.2) is 0 Å². The molecule has 0 bridgehead atoms. The van der Waals surface area contributed by atoms with E-state index in [9.17, 15) is 14.4 Å². The highest BCUT2D eigenvalue weighted by atomic mass is 16.6. The van der Waals surface area contributed by atoms with Gasteiger partial charge in [0.2, 0.25) is 0 Å². The van der Waals surface area contributed by atoms with Crippen LogP contribution in [-0.4, -0.2) is 71.7 Å². The van der Waals surface area contributed by atoms with E-state index >= 15 is 0 Å². The molecule has 7 rings (SSSR count). The molecule has 0 radical (unpaired) electrons. The van der Waals surface area contributed by atoms with Gasteiger partial charge < -0.3 is 28.4 Å². The standard InChI is InChI=1S/C30H27N3O9/c34-28-31(19-1-7-22(8-2-19)37-13-25-16-40-25)29(35)33(21-5-11-24(12-6-21)39-15-27-18-42-27)30(36)32(28)20-3-9-23(10-4-20)38-14-26-17-41-26/h1-12,25-27H,13-18H2. The summed E-state index contributed by atoms with van der Waals surface area (Å²) in [7, 11) is 0. The quantitative estimate of drug-likeness (QED) is 0.231. The zero-order chi connectivity index (χ0) is 28.6. The Morgan fingerprint density at radius 1 is 0.476 bits per heavy atom. The Morgan fingerprint density at radius 3 is 0.929 bits per heavy atom. The third kappa shape index (κ3) is 5.73. The Bertz CT molecular complexity index is 1510. The summed E-state index contributed by atoms with van der Waals surface area (Å²) < 4.78 is 35.5. The van der Waals surface area contributed by atoms with E-state index in [0.29, 0.717) is 56.9 Å². The van der Waals surface area contributed by atoms with Crippen molar-refractivity contribution in [3.63, 3.8) is 0 Å². The molecule has 4 aromatic rings. The highest BCUT2D eigenvalue weighted by molar-refractivity contribution is 5.42. The maximum Gasteiger partial charge on any atom is 0.345 e. The molecule has 0 saturated carbocycles. The zero-order valence-electron chi connectivity index (χ0n) is 22.4. The lowest BCUT2D eigenvalue weighted by Crippen LogP contribution is -2.52. The van der Waals surface area contributed by atoms with Crippen LogP contribution in [0.1, 0.15) is 0 Å². The van der Waals surface area contributed by atoms with Crippen molar-refractivity contribution in [3.8, 4) is 34.3 Å². The third-order valence-electron chi connectivity index (χ3n) is 6.95. The van der Waals surface area contributed by atoms with Crippen LogP contribution in [0.2, 0.25) is 0 Å². The van der Waals surface area contributed by atoms with E-state index in [1.165, 1.54) is 0 Å². The van der Waals surface area contributed by atoms with Gasteiger partial charge in [0, 0.05) is 0 Å². The molecule has 3 saturated heterocycles. The van der Waals surface area contributed by atoms with E-state index < -0.39 is 17.1 Å². The van der Waals surface area contributed by atoms with Crippen LogP contribution >= 0.6 is 0 Å². The molecule has 12 heteroatoms. The van der Waals surface area contributed by atoms with Crippen LogP contribution in [0.15, 0.2) is 87.2 Å². The minimum absolute atomic E-state index is 0.0840. The molecule has 3 aliphatic heterocycles. The summed E-state index contributed by atoms with van der Waals surface area (Å²) in [6.07, 6.45) is 0.252. The maximum atomic E-state index is 13.8. The minimum Gasteiger partial charge on any atom is -0.491 e. The number of epoxide rings is 3. The maximum absolute atomic E-state index is 13.8. The molecular formula is C30H27N3O9. The molecule has 0 spiro atoms. The van der Waals surface area contributed by atoms with E-state index in [1.807, 2.05) is 0 Å². The van der Waals surface area contributed by atoms with Crippen LogP contribution < -0.4 is 31.3 Å². The third-order valence-corrected chi connectivity index (χ3v) is 6.95. The van der Waals surface area contributed by atoms with Gasteiger partial charge in [-0.25, -0.2) is 28.1 Å². The smallest absolute Gasteiger partial charge is 0.345 e. The van der Waals surface area contributed by atoms with Crippen molar-refractivity contribution in [2.75, 3.05) is 39.6 Å². The van der Waals surface area contributed by atoms with Crippen molar-refractivity contribution < 1.29 is 28.4 Å². The molecular weight excluding hydrogens is 546 g/mol. The Labute approximate surface area is 238 Å². The average Bonchev–Trinajstić information content (AvgIpc) is 3.86. The van der Waals surface area contributed by atoms with Gasteiger partial charge >= 0.3 is 17.1 Å². The van der Waals surface area contributed by atoms with Gasteiger partial charge in [0.1, 0.15) is 55.4 Å². The Balaban J connectivity index is 1.28. The molecule has 1 aromatic heterocycles. The van der Waals surface area contributed by atoms with Crippen LogP contribution in [0.25, 0.3) is 17.1 Å². The topological polar surface area (TPSA) is 131 Å². The lowest BCUT2D eigenvalue weighted by Gasteiger charge is -2.15. The van der Waals surface area contributed by atoms with Crippen LogP contribution in [0.3, 0.4) is 0 Å². The second kappa shape index (κ2) is 11.0. The monoisotopic (exact) mass is 573 g/mol. The molecule has 0 aliphatic carbocycles. The van der Waals surface area contributed by atoms with Crippen molar-refractivity contribution in [1.29, 1.82) is 0 Å². The van der Waals surface area contributed by atoms with Gasteiger partial charge in [-0.2, -0.15) is 0 Å². The first-order chi connectivity index (χ1) is 20.5. The number of benzene rings is 3. The highest BCUT2D eigenvalue weighted by Gasteiger charge is 2.25. The Kier molecular flexibility index (Phi) is 6.86. The first-order valence-electron chi connectivity index (χ1n) is 13.6.